The quantitative estimate of drug-likeness (QED) is 0.829. The number of urea groups is 1. The number of hydroxylamine groups is 1. The van der Waals surface area contributed by atoms with Gasteiger partial charge in [-0.2, -0.15) is 0 Å². The molecular weight excluding hydrogens is 306 g/mol. The number of rotatable bonds is 5. The van der Waals surface area contributed by atoms with Crippen LogP contribution in [0.25, 0.3) is 0 Å². The highest BCUT2D eigenvalue weighted by Crippen LogP contribution is 2.22. The molecular formula is C18H19N3O3. The van der Waals surface area contributed by atoms with Crippen LogP contribution in [0.4, 0.5) is 10.5 Å². The van der Waals surface area contributed by atoms with Crippen LogP contribution in [0.15, 0.2) is 48.5 Å². The third kappa shape index (κ3) is 3.55. The van der Waals surface area contributed by atoms with Crippen molar-refractivity contribution >= 4 is 17.6 Å². The summed E-state index contributed by atoms with van der Waals surface area (Å²) in [6.07, 6.45) is 0. The van der Waals surface area contributed by atoms with Gasteiger partial charge in [-0.25, -0.2) is 10.3 Å². The number of benzene rings is 2. The van der Waals surface area contributed by atoms with E-state index in [-0.39, 0.29) is 11.9 Å². The van der Waals surface area contributed by atoms with E-state index in [9.17, 15) is 9.59 Å². The van der Waals surface area contributed by atoms with E-state index in [0.29, 0.717) is 25.3 Å². The number of carbonyl (C=O) groups is 2. The van der Waals surface area contributed by atoms with Crippen molar-refractivity contribution in [3.8, 4) is 0 Å². The van der Waals surface area contributed by atoms with E-state index >= 15 is 0 Å². The molecule has 0 atom stereocenters. The molecule has 1 heterocycles. The second-order valence-corrected chi connectivity index (χ2v) is 5.59. The summed E-state index contributed by atoms with van der Waals surface area (Å²) in [5.74, 6) is -0.313. The monoisotopic (exact) mass is 325 g/mol. The zero-order valence-electron chi connectivity index (χ0n) is 13.4. The number of nitrogens with one attached hydrogen (secondary N) is 2. The van der Waals surface area contributed by atoms with Crippen LogP contribution in [0.2, 0.25) is 0 Å². The van der Waals surface area contributed by atoms with E-state index in [4.69, 9.17) is 4.84 Å². The molecule has 0 unspecified atom stereocenters. The molecule has 2 aromatic carbocycles. The van der Waals surface area contributed by atoms with Gasteiger partial charge >= 0.3 is 6.03 Å². The highest BCUT2D eigenvalue weighted by molar-refractivity contribution is 5.97. The molecule has 1 saturated heterocycles. The van der Waals surface area contributed by atoms with Gasteiger partial charge < -0.3 is 5.32 Å². The van der Waals surface area contributed by atoms with Crippen molar-refractivity contribution in [2.45, 2.75) is 13.5 Å². The lowest BCUT2D eigenvalue weighted by Crippen LogP contribution is -2.28. The maximum absolute atomic E-state index is 12.2. The Balaban J connectivity index is 1.61. The Morgan fingerprint density at radius 3 is 2.71 bits per heavy atom. The number of hydrogen-bond acceptors (Lipinski definition) is 3. The van der Waals surface area contributed by atoms with Gasteiger partial charge in [0, 0.05) is 24.3 Å². The van der Waals surface area contributed by atoms with Crippen LogP contribution in [0.3, 0.4) is 0 Å². The molecule has 2 N–H and O–H groups in total. The Bertz CT molecular complexity index is 746. The summed E-state index contributed by atoms with van der Waals surface area (Å²) < 4.78 is 0. The number of nitrogens with zero attached hydrogens (tertiary/aromatic N) is 1. The first kappa shape index (κ1) is 16.0. The van der Waals surface area contributed by atoms with Crippen LogP contribution in [0.1, 0.15) is 21.5 Å². The highest BCUT2D eigenvalue weighted by Gasteiger charge is 2.22. The number of anilines is 1. The maximum Gasteiger partial charge on any atom is 0.322 e. The first-order chi connectivity index (χ1) is 11.6. The molecule has 1 fully saturated rings. The molecule has 0 aromatic heterocycles. The zero-order chi connectivity index (χ0) is 16.9. The first-order valence-electron chi connectivity index (χ1n) is 7.77. The van der Waals surface area contributed by atoms with E-state index in [1.807, 2.05) is 37.3 Å². The Labute approximate surface area is 140 Å². The highest BCUT2D eigenvalue weighted by atomic mass is 16.6. The molecule has 1 aliphatic heterocycles. The predicted octanol–water partition coefficient (Wildman–Crippen LogP) is 2.39. The van der Waals surface area contributed by atoms with Crippen molar-refractivity contribution in [2.75, 3.05) is 18.0 Å². The number of hydrogen-bond donors (Lipinski definition) is 2. The Morgan fingerprint density at radius 1 is 1.25 bits per heavy atom. The fourth-order valence-electron chi connectivity index (χ4n) is 2.62. The van der Waals surface area contributed by atoms with Gasteiger partial charge in [0.05, 0.1) is 6.61 Å². The van der Waals surface area contributed by atoms with Crippen molar-refractivity contribution in [3.63, 3.8) is 0 Å². The van der Waals surface area contributed by atoms with E-state index in [1.54, 1.807) is 23.1 Å². The van der Waals surface area contributed by atoms with Crippen LogP contribution < -0.4 is 15.7 Å². The average Bonchev–Trinajstić information content (AvgIpc) is 3.01. The molecule has 3 amide bonds. The summed E-state index contributed by atoms with van der Waals surface area (Å²) in [6, 6.07) is 14.7. The third-order valence-electron chi connectivity index (χ3n) is 3.85. The van der Waals surface area contributed by atoms with Crippen LogP contribution >= 0.6 is 0 Å². The molecule has 0 radical (unpaired) electrons. The molecule has 0 bridgehead atoms. The van der Waals surface area contributed by atoms with Crippen molar-refractivity contribution in [2.24, 2.45) is 0 Å². The van der Waals surface area contributed by atoms with Gasteiger partial charge in [0.2, 0.25) is 0 Å². The Morgan fingerprint density at radius 2 is 2.04 bits per heavy atom. The largest absolute Gasteiger partial charge is 0.336 e. The van der Waals surface area contributed by atoms with Crippen molar-refractivity contribution in [3.05, 3.63) is 65.2 Å². The summed E-state index contributed by atoms with van der Waals surface area (Å²) in [6.45, 7) is 3.44. The molecule has 0 aliphatic carbocycles. The topological polar surface area (TPSA) is 70.7 Å². The molecule has 0 saturated carbocycles. The van der Waals surface area contributed by atoms with E-state index in [1.165, 1.54) is 0 Å². The molecule has 24 heavy (non-hydrogen) atoms. The van der Waals surface area contributed by atoms with Gasteiger partial charge in [-0.3, -0.25) is 14.5 Å². The fraction of sp³-hybridized carbons (Fsp3) is 0.222. The second-order valence-electron chi connectivity index (χ2n) is 5.59. The second kappa shape index (κ2) is 7.14. The predicted molar refractivity (Wildman–Crippen MR) is 90.6 cm³/mol. The minimum absolute atomic E-state index is 0.110. The zero-order valence-corrected chi connectivity index (χ0v) is 13.4. The third-order valence-corrected chi connectivity index (χ3v) is 3.85. The average molecular weight is 325 g/mol. The normalized spacial score (nSPS) is 13.7. The maximum atomic E-state index is 12.2. The molecule has 3 rings (SSSR count). The lowest BCUT2D eigenvalue weighted by Gasteiger charge is -2.17. The van der Waals surface area contributed by atoms with Crippen LogP contribution in [0, 0.1) is 6.92 Å². The van der Waals surface area contributed by atoms with E-state index < -0.39 is 0 Å². The van der Waals surface area contributed by atoms with Gasteiger partial charge in [-0.1, -0.05) is 30.3 Å². The summed E-state index contributed by atoms with van der Waals surface area (Å²) in [5.41, 5.74) is 5.58. The van der Waals surface area contributed by atoms with Crippen molar-refractivity contribution in [1.82, 2.24) is 10.8 Å². The minimum Gasteiger partial charge on any atom is -0.336 e. The molecule has 6 heteroatoms. The van der Waals surface area contributed by atoms with Gasteiger partial charge in [0.1, 0.15) is 0 Å². The summed E-state index contributed by atoms with van der Waals surface area (Å²) in [7, 11) is 0. The lowest BCUT2D eigenvalue weighted by atomic mass is 10.1. The van der Waals surface area contributed by atoms with E-state index in [2.05, 4.69) is 10.8 Å². The summed E-state index contributed by atoms with van der Waals surface area (Å²) in [4.78, 5) is 30.8. The summed E-state index contributed by atoms with van der Waals surface area (Å²) in [5, 5.41) is 2.76. The van der Waals surface area contributed by atoms with Crippen molar-refractivity contribution in [1.29, 1.82) is 0 Å². The number of amides is 3. The Kier molecular flexibility index (Phi) is 4.77. The molecule has 6 nitrogen and oxygen atoms in total. The van der Waals surface area contributed by atoms with Gasteiger partial charge in [0.25, 0.3) is 5.91 Å². The lowest BCUT2D eigenvalue weighted by molar-refractivity contribution is 0.0233. The Hall–Kier alpha value is -2.86. The SMILES string of the molecule is Cc1cc(C(=O)NOCc2ccccc2)ccc1N1CCNC1=O. The summed E-state index contributed by atoms with van der Waals surface area (Å²) >= 11 is 0. The number of carbonyl (C=O) groups excluding carboxylic acids is 2. The van der Waals surface area contributed by atoms with E-state index in [0.717, 1.165) is 16.8 Å². The van der Waals surface area contributed by atoms with Crippen molar-refractivity contribution < 1.29 is 14.4 Å². The smallest absolute Gasteiger partial charge is 0.322 e. The molecule has 124 valence electrons. The minimum atomic E-state index is -0.313. The van der Waals surface area contributed by atoms with Crippen LogP contribution in [-0.4, -0.2) is 25.0 Å². The number of aryl methyl sites for hydroxylation is 1. The molecule has 0 spiro atoms. The van der Waals surface area contributed by atoms with Gasteiger partial charge in [0.15, 0.2) is 0 Å². The van der Waals surface area contributed by atoms with Crippen LogP contribution in [0.5, 0.6) is 0 Å². The molecule has 1 aliphatic rings. The van der Waals surface area contributed by atoms with Crippen LogP contribution in [-0.2, 0) is 11.4 Å². The fourth-order valence-corrected chi connectivity index (χ4v) is 2.62. The molecule has 2 aromatic rings. The van der Waals surface area contributed by atoms with Gasteiger partial charge in [-0.15, -0.1) is 0 Å². The standard InChI is InChI=1S/C18H19N3O3/c1-13-11-15(7-8-16(13)21-10-9-19-18(21)23)17(22)20-24-12-14-5-3-2-4-6-14/h2-8,11H,9-10,12H2,1H3,(H,19,23)(H,20,22). The van der Waals surface area contributed by atoms with Gasteiger partial charge in [-0.05, 0) is 36.2 Å². The first-order valence-corrected chi connectivity index (χ1v) is 7.77.